The zero-order valence-corrected chi connectivity index (χ0v) is 14.4. The van der Waals surface area contributed by atoms with E-state index in [0.29, 0.717) is 11.6 Å². The molecule has 3 nitrogen and oxygen atoms in total. The average molecular weight is 362 g/mol. The largest absolute Gasteiger partial charge is 0.208 e. The summed E-state index contributed by atoms with van der Waals surface area (Å²) in [5.41, 5.74) is 1.81. The van der Waals surface area contributed by atoms with Gasteiger partial charge < -0.3 is 0 Å². The van der Waals surface area contributed by atoms with Gasteiger partial charge in [-0.3, -0.25) is 0 Å². The van der Waals surface area contributed by atoms with Crippen LogP contribution in [0.15, 0.2) is 78.9 Å². The van der Waals surface area contributed by atoms with E-state index >= 15 is 0 Å². The van der Waals surface area contributed by atoms with Gasteiger partial charge in [-0.2, -0.15) is 0 Å². The van der Waals surface area contributed by atoms with Crippen LogP contribution in [-0.4, -0.2) is 15.0 Å². The molecular formula is C21H13ClFN3. The maximum atomic E-state index is 14.4. The number of hydrogen-bond acceptors (Lipinski definition) is 3. The molecule has 5 heteroatoms. The number of hydrogen-bond donors (Lipinski definition) is 0. The highest BCUT2D eigenvalue weighted by Gasteiger charge is 2.17. The Labute approximate surface area is 155 Å². The fourth-order valence-corrected chi connectivity index (χ4v) is 2.88. The summed E-state index contributed by atoms with van der Waals surface area (Å²) in [4.78, 5) is 13.5. The van der Waals surface area contributed by atoms with Gasteiger partial charge in [0, 0.05) is 11.1 Å². The third-order valence-electron chi connectivity index (χ3n) is 3.89. The molecule has 0 unspecified atom stereocenters. The number of rotatable bonds is 3. The van der Waals surface area contributed by atoms with Crippen LogP contribution in [-0.2, 0) is 0 Å². The van der Waals surface area contributed by atoms with E-state index in [1.165, 1.54) is 6.07 Å². The van der Waals surface area contributed by atoms with Crippen molar-refractivity contribution in [3.8, 4) is 34.2 Å². The highest BCUT2D eigenvalue weighted by Crippen LogP contribution is 2.30. The van der Waals surface area contributed by atoms with Gasteiger partial charge in [0.15, 0.2) is 17.5 Å². The Morgan fingerprint density at radius 1 is 0.577 bits per heavy atom. The SMILES string of the molecule is Fc1cccc(Cl)c1-c1nc(-c2ccccc2)nc(-c2ccccc2)n1. The molecule has 0 amide bonds. The quantitative estimate of drug-likeness (QED) is 0.472. The van der Waals surface area contributed by atoms with Crippen molar-refractivity contribution in [3.63, 3.8) is 0 Å². The van der Waals surface area contributed by atoms with Crippen molar-refractivity contribution in [1.82, 2.24) is 15.0 Å². The lowest BCUT2D eigenvalue weighted by atomic mass is 10.1. The van der Waals surface area contributed by atoms with E-state index in [2.05, 4.69) is 15.0 Å². The van der Waals surface area contributed by atoms with Crippen LogP contribution in [0, 0.1) is 5.82 Å². The molecule has 0 N–H and O–H groups in total. The van der Waals surface area contributed by atoms with Crippen LogP contribution in [0.25, 0.3) is 34.2 Å². The Bertz CT molecular complexity index is 975. The molecule has 0 atom stereocenters. The number of aromatic nitrogens is 3. The second-order valence-electron chi connectivity index (χ2n) is 5.63. The zero-order chi connectivity index (χ0) is 17.9. The Balaban J connectivity index is 1.97. The first-order valence-electron chi connectivity index (χ1n) is 8.03. The summed E-state index contributed by atoms with van der Waals surface area (Å²) in [5.74, 6) is 0.671. The van der Waals surface area contributed by atoms with Gasteiger partial charge in [-0.05, 0) is 12.1 Å². The van der Waals surface area contributed by atoms with Crippen molar-refractivity contribution in [1.29, 1.82) is 0 Å². The lowest BCUT2D eigenvalue weighted by molar-refractivity contribution is 0.630. The van der Waals surface area contributed by atoms with E-state index < -0.39 is 5.82 Å². The second kappa shape index (κ2) is 7.02. The molecule has 26 heavy (non-hydrogen) atoms. The highest BCUT2D eigenvalue weighted by atomic mass is 35.5. The van der Waals surface area contributed by atoms with Gasteiger partial charge in [0.1, 0.15) is 5.82 Å². The molecule has 3 aromatic carbocycles. The van der Waals surface area contributed by atoms with E-state index in [-0.39, 0.29) is 16.4 Å². The smallest absolute Gasteiger partial charge is 0.168 e. The molecule has 0 spiro atoms. The van der Waals surface area contributed by atoms with E-state index in [9.17, 15) is 4.39 Å². The monoisotopic (exact) mass is 361 g/mol. The number of nitrogens with zero attached hydrogens (tertiary/aromatic N) is 3. The molecule has 1 heterocycles. The summed E-state index contributed by atoms with van der Waals surface area (Å²) in [6.07, 6.45) is 0. The van der Waals surface area contributed by atoms with Crippen molar-refractivity contribution >= 4 is 11.6 Å². The fourth-order valence-electron chi connectivity index (χ4n) is 2.63. The predicted molar refractivity (Wildman–Crippen MR) is 101 cm³/mol. The summed E-state index contributed by atoms with van der Waals surface area (Å²) < 4.78 is 14.4. The minimum atomic E-state index is -0.471. The van der Waals surface area contributed by atoms with Crippen molar-refractivity contribution in [3.05, 3.63) is 89.7 Å². The Kier molecular flexibility index (Phi) is 4.42. The fraction of sp³-hybridized carbons (Fsp3) is 0. The molecule has 1 aromatic heterocycles. The molecule has 126 valence electrons. The van der Waals surface area contributed by atoms with Crippen molar-refractivity contribution in [2.24, 2.45) is 0 Å². The van der Waals surface area contributed by atoms with Crippen LogP contribution in [0.1, 0.15) is 0 Å². The van der Waals surface area contributed by atoms with Gasteiger partial charge in [-0.15, -0.1) is 0 Å². The van der Waals surface area contributed by atoms with Crippen molar-refractivity contribution in [2.75, 3.05) is 0 Å². The molecule has 0 fully saturated rings. The molecule has 0 saturated heterocycles. The Hall–Kier alpha value is -3.11. The highest BCUT2D eigenvalue weighted by molar-refractivity contribution is 6.33. The molecule has 0 saturated carbocycles. The molecule has 0 aliphatic heterocycles. The summed E-state index contributed by atoms with van der Waals surface area (Å²) in [7, 11) is 0. The Morgan fingerprint density at radius 2 is 1.08 bits per heavy atom. The van der Waals surface area contributed by atoms with Gasteiger partial charge in [0.05, 0.1) is 10.6 Å². The van der Waals surface area contributed by atoms with E-state index in [1.54, 1.807) is 12.1 Å². The van der Waals surface area contributed by atoms with Crippen LogP contribution in [0.2, 0.25) is 5.02 Å². The van der Waals surface area contributed by atoms with Gasteiger partial charge in [0.25, 0.3) is 0 Å². The maximum Gasteiger partial charge on any atom is 0.168 e. The first-order chi connectivity index (χ1) is 12.7. The summed E-state index contributed by atoms with van der Waals surface area (Å²) in [6, 6.07) is 23.5. The molecule has 0 bridgehead atoms. The first-order valence-corrected chi connectivity index (χ1v) is 8.41. The average Bonchev–Trinajstić information content (AvgIpc) is 2.69. The van der Waals surface area contributed by atoms with Gasteiger partial charge >= 0.3 is 0 Å². The first kappa shape index (κ1) is 16.4. The number of halogens is 2. The molecule has 0 aliphatic rings. The van der Waals surface area contributed by atoms with E-state index in [1.807, 2.05) is 60.7 Å². The predicted octanol–water partition coefficient (Wildman–Crippen LogP) is 5.67. The van der Waals surface area contributed by atoms with E-state index in [0.717, 1.165) is 11.1 Å². The third-order valence-corrected chi connectivity index (χ3v) is 4.20. The number of benzene rings is 3. The van der Waals surface area contributed by atoms with Crippen molar-refractivity contribution in [2.45, 2.75) is 0 Å². The van der Waals surface area contributed by atoms with Gasteiger partial charge in [-0.1, -0.05) is 78.3 Å². The minimum Gasteiger partial charge on any atom is -0.208 e. The van der Waals surface area contributed by atoms with Crippen molar-refractivity contribution < 1.29 is 4.39 Å². The topological polar surface area (TPSA) is 38.7 Å². The molecule has 0 radical (unpaired) electrons. The lowest BCUT2D eigenvalue weighted by Crippen LogP contribution is -2.01. The lowest BCUT2D eigenvalue weighted by Gasteiger charge is -2.09. The summed E-state index contributed by atoms with van der Waals surface area (Å²) in [5, 5.41) is 0.259. The van der Waals surface area contributed by atoms with Crippen LogP contribution in [0.3, 0.4) is 0 Å². The Morgan fingerprint density at radius 3 is 1.58 bits per heavy atom. The molecule has 4 aromatic rings. The van der Waals surface area contributed by atoms with Crippen LogP contribution in [0.5, 0.6) is 0 Å². The van der Waals surface area contributed by atoms with Crippen LogP contribution >= 0.6 is 11.6 Å². The minimum absolute atomic E-state index is 0.172. The maximum absolute atomic E-state index is 14.4. The van der Waals surface area contributed by atoms with Gasteiger partial charge in [-0.25, -0.2) is 19.3 Å². The molecule has 0 aliphatic carbocycles. The summed E-state index contributed by atoms with van der Waals surface area (Å²) >= 11 is 6.22. The van der Waals surface area contributed by atoms with E-state index in [4.69, 9.17) is 11.6 Å². The van der Waals surface area contributed by atoms with Gasteiger partial charge in [0.2, 0.25) is 0 Å². The zero-order valence-electron chi connectivity index (χ0n) is 13.6. The van der Waals surface area contributed by atoms with Crippen LogP contribution < -0.4 is 0 Å². The van der Waals surface area contributed by atoms with Crippen LogP contribution in [0.4, 0.5) is 4.39 Å². The summed E-state index contributed by atoms with van der Waals surface area (Å²) in [6.45, 7) is 0. The third kappa shape index (κ3) is 3.19. The molecular weight excluding hydrogens is 349 g/mol. The second-order valence-corrected chi connectivity index (χ2v) is 6.04. The standard InChI is InChI=1S/C21H13ClFN3/c22-16-12-7-13-17(23)18(16)21-25-19(14-8-3-1-4-9-14)24-20(26-21)15-10-5-2-6-11-15/h1-13H. The molecule has 4 rings (SSSR count). The normalized spacial score (nSPS) is 10.7.